The molecule has 0 amide bonds. The van der Waals surface area contributed by atoms with Gasteiger partial charge in [0.15, 0.2) is 0 Å². The predicted molar refractivity (Wildman–Crippen MR) is 70.6 cm³/mol. The van der Waals surface area contributed by atoms with Crippen molar-refractivity contribution in [3.63, 3.8) is 0 Å². The van der Waals surface area contributed by atoms with Crippen molar-refractivity contribution in [2.75, 3.05) is 13.7 Å². The SMILES string of the molecule is COCCC(C)NC(C)c1cccc([N+](=O)[O-])c1. The summed E-state index contributed by atoms with van der Waals surface area (Å²) in [5, 5.41) is 14.1. The molecule has 0 aromatic heterocycles. The normalized spacial score (nSPS) is 14.2. The summed E-state index contributed by atoms with van der Waals surface area (Å²) >= 11 is 0. The molecule has 0 radical (unpaired) electrons. The molecule has 0 fully saturated rings. The van der Waals surface area contributed by atoms with E-state index in [4.69, 9.17) is 4.74 Å². The Morgan fingerprint density at radius 2 is 2.17 bits per heavy atom. The Hall–Kier alpha value is -1.46. The van der Waals surface area contributed by atoms with Gasteiger partial charge in [-0.05, 0) is 25.8 Å². The third-order valence-corrected chi connectivity index (χ3v) is 2.87. The second-order valence-corrected chi connectivity index (χ2v) is 4.42. The number of nitro groups is 1. The van der Waals surface area contributed by atoms with Gasteiger partial charge in [0.25, 0.3) is 5.69 Å². The van der Waals surface area contributed by atoms with E-state index in [0.717, 1.165) is 12.0 Å². The van der Waals surface area contributed by atoms with Crippen molar-refractivity contribution in [3.05, 3.63) is 39.9 Å². The van der Waals surface area contributed by atoms with Crippen LogP contribution in [-0.2, 0) is 4.74 Å². The van der Waals surface area contributed by atoms with E-state index < -0.39 is 0 Å². The number of nitrogens with zero attached hydrogens (tertiary/aromatic N) is 1. The lowest BCUT2D eigenvalue weighted by Crippen LogP contribution is -2.29. The molecule has 1 rings (SSSR count). The van der Waals surface area contributed by atoms with Crippen molar-refractivity contribution in [1.29, 1.82) is 0 Å². The van der Waals surface area contributed by atoms with Crippen LogP contribution in [0.5, 0.6) is 0 Å². The van der Waals surface area contributed by atoms with Crippen molar-refractivity contribution in [2.24, 2.45) is 0 Å². The Morgan fingerprint density at radius 3 is 2.78 bits per heavy atom. The fraction of sp³-hybridized carbons (Fsp3) is 0.538. The summed E-state index contributed by atoms with van der Waals surface area (Å²) in [4.78, 5) is 10.3. The van der Waals surface area contributed by atoms with E-state index >= 15 is 0 Å². The van der Waals surface area contributed by atoms with Gasteiger partial charge in [0, 0.05) is 37.9 Å². The number of ether oxygens (including phenoxy) is 1. The summed E-state index contributed by atoms with van der Waals surface area (Å²) in [5.74, 6) is 0. The van der Waals surface area contributed by atoms with Gasteiger partial charge in [0.05, 0.1) is 4.92 Å². The summed E-state index contributed by atoms with van der Waals surface area (Å²) < 4.78 is 5.02. The molecule has 100 valence electrons. The molecule has 2 atom stereocenters. The maximum Gasteiger partial charge on any atom is 0.269 e. The van der Waals surface area contributed by atoms with E-state index in [0.29, 0.717) is 12.6 Å². The van der Waals surface area contributed by atoms with Crippen LogP contribution in [0.2, 0.25) is 0 Å². The highest BCUT2D eigenvalue weighted by Crippen LogP contribution is 2.19. The molecule has 0 saturated heterocycles. The van der Waals surface area contributed by atoms with E-state index in [-0.39, 0.29) is 16.7 Å². The third kappa shape index (κ3) is 4.43. The van der Waals surface area contributed by atoms with Crippen molar-refractivity contribution >= 4 is 5.69 Å². The van der Waals surface area contributed by atoms with Crippen LogP contribution in [0, 0.1) is 10.1 Å². The molecule has 0 aliphatic heterocycles. The Bertz CT molecular complexity index is 396. The molecule has 0 aliphatic carbocycles. The van der Waals surface area contributed by atoms with Gasteiger partial charge in [-0.25, -0.2) is 0 Å². The van der Waals surface area contributed by atoms with Crippen molar-refractivity contribution in [3.8, 4) is 0 Å². The van der Waals surface area contributed by atoms with Gasteiger partial charge in [0.2, 0.25) is 0 Å². The van der Waals surface area contributed by atoms with E-state index in [1.165, 1.54) is 6.07 Å². The van der Waals surface area contributed by atoms with Crippen LogP contribution in [0.25, 0.3) is 0 Å². The number of rotatable bonds is 7. The lowest BCUT2D eigenvalue weighted by molar-refractivity contribution is -0.384. The van der Waals surface area contributed by atoms with Crippen molar-refractivity contribution < 1.29 is 9.66 Å². The van der Waals surface area contributed by atoms with Crippen molar-refractivity contribution in [1.82, 2.24) is 5.32 Å². The van der Waals surface area contributed by atoms with Crippen LogP contribution in [0.4, 0.5) is 5.69 Å². The van der Waals surface area contributed by atoms with E-state index in [2.05, 4.69) is 12.2 Å². The van der Waals surface area contributed by atoms with Gasteiger partial charge >= 0.3 is 0 Å². The molecule has 18 heavy (non-hydrogen) atoms. The van der Waals surface area contributed by atoms with E-state index in [9.17, 15) is 10.1 Å². The molecular weight excluding hydrogens is 232 g/mol. The molecule has 0 spiro atoms. The zero-order valence-corrected chi connectivity index (χ0v) is 11.1. The summed E-state index contributed by atoms with van der Waals surface area (Å²) in [6.45, 7) is 4.78. The zero-order valence-electron chi connectivity index (χ0n) is 11.1. The molecule has 5 heteroatoms. The van der Waals surface area contributed by atoms with Gasteiger partial charge in [-0.3, -0.25) is 10.1 Å². The lowest BCUT2D eigenvalue weighted by Gasteiger charge is -2.20. The first-order chi connectivity index (χ1) is 8.54. The van der Waals surface area contributed by atoms with Crippen LogP contribution in [0.1, 0.15) is 31.9 Å². The molecule has 2 unspecified atom stereocenters. The van der Waals surface area contributed by atoms with Gasteiger partial charge in [-0.15, -0.1) is 0 Å². The molecule has 0 aliphatic rings. The van der Waals surface area contributed by atoms with Crippen LogP contribution in [-0.4, -0.2) is 24.7 Å². The zero-order chi connectivity index (χ0) is 13.5. The highest BCUT2D eigenvalue weighted by Gasteiger charge is 2.12. The Balaban J connectivity index is 2.63. The van der Waals surface area contributed by atoms with Crippen molar-refractivity contribution in [2.45, 2.75) is 32.4 Å². The quantitative estimate of drug-likeness (QED) is 0.598. The molecule has 1 aromatic rings. The molecule has 5 nitrogen and oxygen atoms in total. The number of hydrogen-bond acceptors (Lipinski definition) is 4. The minimum absolute atomic E-state index is 0.0803. The number of nitro benzene ring substituents is 1. The highest BCUT2D eigenvalue weighted by molar-refractivity contribution is 5.35. The molecule has 0 saturated carbocycles. The van der Waals surface area contributed by atoms with Crippen LogP contribution in [0.3, 0.4) is 0 Å². The fourth-order valence-corrected chi connectivity index (χ4v) is 1.81. The number of non-ortho nitro benzene ring substituents is 1. The summed E-state index contributed by atoms with van der Waals surface area (Å²) in [7, 11) is 1.68. The van der Waals surface area contributed by atoms with Gasteiger partial charge < -0.3 is 10.1 Å². The maximum atomic E-state index is 10.7. The number of nitrogens with one attached hydrogen (secondary N) is 1. The minimum Gasteiger partial charge on any atom is -0.385 e. The average molecular weight is 252 g/mol. The fourth-order valence-electron chi connectivity index (χ4n) is 1.81. The maximum absolute atomic E-state index is 10.7. The molecule has 1 aromatic carbocycles. The first-order valence-corrected chi connectivity index (χ1v) is 6.04. The Labute approximate surface area is 107 Å². The topological polar surface area (TPSA) is 64.4 Å². The second kappa shape index (κ2) is 7.08. The standard InChI is InChI=1S/C13H20N2O3/c1-10(7-8-18-3)14-11(2)12-5-4-6-13(9-12)15(16)17/h4-6,9-11,14H,7-8H2,1-3H3. The molecule has 0 heterocycles. The summed E-state index contributed by atoms with van der Waals surface area (Å²) in [6.07, 6.45) is 0.912. The van der Waals surface area contributed by atoms with Crippen LogP contribution >= 0.6 is 0 Å². The van der Waals surface area contributed by atoms with Crippen LogP contribution < -0.4 is 5.32 Å². The minimum atomic E-state index is -0.370. The Morgan fingerprint density at radius 1 is 1.44 bits per heavy atom. The van der Waals surface area contributed by atoms with Gasteiger partial charge in [-0.2, -0.15) is 0 Å². The average Bonchev–Trinajstić information content (AvgIpc) is 2.36. The predicted octanol–water partition coefficient (Wildman–Crippen LogP) is 2.67. The number of methoxy groups -OCH3 is 1. The van der Waals surface area contributed by atoms with Crippen LogP contribution in [0.15, 0.2) is 24.3 Å². The summed E-state index contributed by atoms with van der Waals surface area (Å²) in [5.41, 5.74) is 1.05. The second-order valence-electron chi connectivity index (χ2n) is 4.42. The van der Waals surface area contributed by atoms with E-state index in [1.54, 1.807) is 19.2 Å². The highest BCUT2D eigenvalue weighted by atomic mass is 16.6. The first kappa shape index (κ1) is 14.6. The number of benzene rings is 1. The van der Waals surface area contributed by atoms with Gasteiger partial charge in [-0.1, -0.05) is 12.1 Å². The van der Waals surface area contributed by atoms with E-state index in [1.807, 2.05) is 13.0 Å². The lowest BCUT2D eigenvalue weighted by atomic mass is 10.1. The smallest absolute Gasteiger partial charge is 0.269 e. The largest absolute Gasteiger partial charge is 0.385 e. The molecule has 1 N–H and O–H groups in total. The first-order valence-electron chi connectivity index (χ1n) is 6.04. The monoisotopic (exact) mass is 252 g/mol. The summed E-state index contributed by atoms with van der Waals surface area (Å²) in [6, 6.07) is 7.11. The molecule has 0 bridgehead atoms. The molecular formula is C13H20N2O3. The number of hydrogen-bond donors (Lipinski definition) is 1. The third-order valence-electron chi connectivity index (χ3n) is 2.87. The van der Waals surface area contributed by atoms with Gasteiger partial charge in [0.1, 0.15) is 0 Å². The Kier molecular flexibility index (Phi) is 5.74.